The molecule has 0 radical (unpaired) electrons. The van der Waals surface area contributed by atoms with Gasteiger partial charge in [0, 0.05) is 6.54 Å². The summed E-state index contributed by atoms with van der Waals surface area (Å²) in [6.45, 7) is 6.69. The summed E-state index contributed by atoms with van der Waals surface area (Å²) in [6.07, 6.45) is 1.05. The predicted octanol–water partition coefficient (Wildman–Crippen LogP) is 1.70. The molecule has 0 aliphatic heterocycles. The third-order valence-corrected chi connectivity index (χ3v) is 3.61. The van der Waals surface area contributed by atoms with Crippen molar-refractivity contribution in [1.82, 2.24) is 10.2 Å². The molecular formula is C11H20N4O2S. The fourth-order valence-corrected chi connectivity index (χ4v) is 1.77. The van der Waals surface area contributed by atoms with E-state index in [1.165, 1.54) is 0 Å². The minimum Gasteiger partial charge on any atom is -0.369 e. The maximum absolute atomic E-state index is 11.3. The van der Waals surface area contributed by atoms with E-state index in [2.05, 4.69) is 34.1 Å². The molecule has 0 fully saturated rings. The lowest BCUT2D eigenvalue weighted by atomic mass is 10.1. The largest absolute Gasteiger partial charge is 0.369 e. The molecule has 0 aromatic carbocycles. The second kappa shape index (κ2) is 6.53. The van der Waals surface area contributed by atoms with Crippen molar-refractivity contribution >= 4 is 21.7 Å². The fourth-order valence-electron chi connectivity index (χ4n) is 1.20. The summed E-state index contributed by atoms with van der Waals surface area (Å²) in [5.41, 5.74) is 0. The molecule has 0 saturated heterocycles. The minimum absolute atomic E-state index is 0.0169. The average molecular weight is 272 g/mol. The van der Waals surface area contributed by atoms with Gasteiger partial charge in [0.2, 0.25) is 10.0 Å². The Kier molecular flexibility index (Phi) is 5.33. The molecule has 0 unspecified atom stereocenters. The zero-order chi connectivity index (χ0) is 13.6. The molecule has 0 amide bonds. The molecule has 1 rings (SSSR count). The van der Waals surface area contributed by atoms with Crippen molar-refractivity contribution < 1.29 is 8.42 Å². The average Bonchev–Trinajstić information content (AvgIpc) is 2.31. The van der Waals surface area contributed by atoms with Gasteiger partial charge < -0.3 is 5.32 Å². The van der Waals surface area contributed by atoms with Crippen LogP contribution in [0.5, 0.6) is 0 Å². The Morgan fingerprint density at radius 3 is 2.33 bits per heavy atom. The van der Waals surface area contributed by atoms with E-state index >= 15 is 0 Å². The van der Waals surface area contributed by atoms with Gasteiger partial charge in [-0.2, -0.15) is 0 Å². The van der Waals surface area contributed by atoms with Crippen molar-refractivity contribution in [3.8, 4) is 0 Å². The summed E-state index contributed by atoms with van der Waals surface area (Å²) in [6, 6.07) is 3.30. The van der Waals surface area contributed by atoms with Crippen molar-refractivity contribution in [3.05, 3.63) is 12.1 Å². The Bertz CT molecular complexity index is 456. The van der Waals surface area contributed by atoms with E-state index in [-0.39, 0.29) is 11.6 Å². The monoisotopic (exact) mass is 272 g/mol. The first-order valence-corrected chi connectivity index (χ1v) is 7.66. The number of rotatable bonds is 7. The lowest BCUT2D eigenvalue weighted by Gasteiger charge is -2.08. The van der Waals surface area contributed by atoms with E-state index in [1.807, 2.05) is 0 Å². The molecular weight excluding hydrogens is 252 g/mol. The summed E-state index contributed by atoms with van der Waals surface area (Å²) in [5, 5.41) is 10.8. The van der Waals surface area contributed by atoms with Crippen LogP contribution in [0.25, 0.3) is 0 Å². The summed E-state index contributed by atoms with van der Waals surface area (Å²) in [5.74, 6) is 1.53. The molecule has 7 heteroatoms. The number of hydrogen-bond donors (Lipinski definition) is 2. The molecule has 102 valence electrons. The number of anilines is 2. The zero-order valence-electron chi connectivity index (χ0n) is 11.0. The van der Waals surface area contributed by atoms with Crippen molar-refractivity contribution in [2.75, 3.05) is 22.3 Å². The predicted molar refractivity (Wildman–Crippen MR) is 73.1 cm³/mol. The van der Waals surface area contributed by atoms with Gasteiger partial charge in [0.15, 0.2) is 5.82 Å². The second-order valence-corrected chi connectivity index (χ2v) is 6.43. The Morgan fingerprint density at radius 2 is 1.83 bits per heavy atom. The zero-order valence-corrected chi connectivity index (χ0v) is 11.8. The maximum atomic E-state index is 11.3. The van der Waals surface area contributed by atoms with Crippen LogP contribution in [-0.4, -0.2) is 30.9 Å². The quantitative estimate of drug-likeness (QED) is 0.789. The Morgan fingerprint density at radius 1 is 1.22 bits per heavy atom. The summed E-state index contributed by atoms with van der Waals surface area (Å²) in [7, 11) is -3.29. The molecule has 0 aliphatic carbocycles. The highest BCUT2D eigenvalue weighted by Crippen LogP contribution is 2.08. The first-order valence-electron chi connectivity index (χ1n) is 6.01. The maximum Gasteiger partial charge on any atom is 0.233 e. The van der Waals surface area contributed by atoms with Crippen molar-refractivity contribution in [3.63, 3.8) is 0 Å². The van der Waals surface area contributed by atoms with Gasteiger partial charge in [-0.25, -0.2) is 8.42 Å². The first kappa shape index (κ1) is 14.7. The highest BCUT2D eigenvalue weighted by atomic mass is 32.2. The SMILES string of the molecule is CCS(=O)(=O)Nc1ccc(NCCC(C)C)nn1. The highest BCUT2D eigenvalue weighted by molar-refractivity contribution is 7.92. The van der Waals surface area contributed by atoms with Gasteiger partial charge in [0.05, 0.1) is 5.75 Å². The Hall–Kier alpha value is -1.37. The number of nitrogens with one attached hydrogen (secondary N) is 2. The van der Waals surface area contributed by atoms with Crippen LogP contribution in [0.1, 0.15) is 27.2 Å². The topological polar surface area (TPSA) is 84.0 Å². The van der Waals surface area contributed by atoms with Crippen LogP contribution in [-0.2, 0) is 10.0 Å². The molecule has 1 heterocycles. The van der Waals surface area contributed by atoms with E-state index in [0.717, 1.165) is 13.0 Å². The smallest absolute Gasteiger partial charge is 0.233 e. The summed E-state index contributed by atoms with van der Waals surface area (Å²) in [4.78, 5) is 0. The molecule has 0 bridgehead atoms. The van der Waals surface area contributed by atoms with E-state index in [4.69, 9.17) is 0 Å². The van der Waals surface area contributed by atoms with Crippen LogP contribution in [0.3, 0.4) is 0 Å². The molecule has 18 heavy (non-hydrogen) atoms. The van der Waals surface area contributed by atoms with E-state index < -0.39 is 10.0 Å². The normalized spacial score (nSPS) is 11.6. The minimum atomic E-state index is -3.29. The molecule has 1 aromatic rings. The number of hydrogen-bond acceptors (Lipinski definition) is 5. The third-order valence-electron chi connectivity index (χ3n) is 2.33. The third kappa shape index (κ3) is 5.31. The van der Waals surface area contributed by atoms with E-state index in [1.54, 1.807) is 19.1 Å². The molecule has 1 aromatic heterocycles. The van der Waals surface area contributed by atoms with Crippen LogP contribution in [0.2, 0.25) is 0 Å². The van der Waals surface area contributed by atoms with Gasteiger partial charge in [-0.15, -0.1) is 10.2 Å². The lowest BCUT2D eigenvalue weighted by Crippen LogP contribution is -2.16. The van der Waals surface area contributed by atoms with E-state index in [0.29, 0.717) is 11.7 Å². The molecule has 6 nitrogen and oxygen atoms in total. The van der Waals surface area contributed by atoms with Gasteiger partial charge in [0.1, 0.15) is 5.82 Å². The summed E-state index contributed by atoms with van der Waals surface area (Å²) >= 11 is 0. The van der Waals surface area contributed by atoms with Crippen LogP contribution < -0.4 is 10.0 Å². The van der Waals surface area contributed by atoms with Gasteiger partial charge in [-0.3, -0.25) is 4.72 Å². The van der Waals surface area contributed by atoms with Crippen LogP contribution in [0.4, 0.5) is 11.6 Å². The molecule has 0 saturated carbocycles. The molecule has 0 spiro atoms. The molecule has 0 atom stereocenters. The Balaban J connectivity index is 2.52. The highest BCUT2D eigenvalue weighted by Gasteiger charge is 2.07. The van der Waals surface area contributed by atoms with Crippen molar-refractivity contribution in [2.45, 2.75) is 27.2 Å². The standard InChI is InChI=1S/C11H20N4O2S/c1-4-18(16,17)15-11-6-5-10(13-14-11)12-8-7-9(2)3/h5-6,9H,4,7-8H2,1-3H3,(H,12,13)(H,14,15). The van der Waals surface area contributed by atoms with Gasteiger partial charge in [-0.05, 0) is 31.4 Å². The van der Waals surface area contributed by atoms with Crippen LogP contribution in [0.15, 0.2) is 12.1 Å². The molecule has 2 N–H and O–H groups in total. The van der Waals surface area contributed by atoms with Gasteiger partial charge in [0.25, 0.3) is 0 Å². The van der Waals surface area contributed by atoms with Crippen LogP contribution >= 0.6 is 0 Å². The van der Waals surface area contributed by atoms with Crippen LogP contribution in [0, 0.1) is 5.92 Å². The second-order valence-electron chi connectivity index (χ2n) is 4.42. The van der Waals surface area contributed by atoms with E-state index in [9.17, 15) is 8.42 Å². The Labute approximate surface area is 108 Å². The summed E-state index contributed by atoms with van der Waals surface area (Å²) < 4.78 is 25.0. The van der Waals surface area contributed by atoms with Gasteiger partial charge in [-0.1, -0.05) is 13.8 Å². The van der Waals surface area contributed by atoms with Crippen molar-refractivity contribution in [2.24, 2.45) is 5.92 Å². The number of sulfonamides is 1. The number of aromatic nitrogens is 2. The van der Waals surface area contributed by atoms with Gasteiger partial charge >= 0.3 is 0 Å². The number of nitrogens with zero attached hydrogens (tertiary/aromatic N) is 2. The fraction of sp³-hybridized carbons (Fsp3) is 0.636. The molecule has 0 aliphatic rings. The first-order chi connectivity index (χ1) is 8.43. The van der Waals surface area contributed by atoms with Crippen molar-refractivity contribution in [1.29, 1.82) is 0 Å². The lowest BCUT2D eigenvalue weighted by molar-refractivity contribution is 0.602.